The van der Waals surface area contributed by atoms with E-state index in [4.69, 9.17) is 4.74 Å². The summed E-state index contributed by atoms with van der Waals surface area (Å²) < 4.78 is 29.7. The number of carbonyl (C=O) groups excluding carboxylic acids is 3. The summed E-state index contributed by atoms with van der Waals surface area (Å²) >= 11 is 1.27. The second kappa shape index (κ2) is 11.3. The Labute approximate surface area is 241 Å². The van der Waals surface area contributed by atoms with Gasteiger partial charge >= 0.3 is 5.97 Å². The minimum absolute atomic E-state index is 0.201. The SMILES string of the molecule is CC(C)OC(=O)c1cccc(-c2cccc(-c3csc(NC(=O)[C@@H]4CCN4C(=O)c4ccn(S(C)(=O)=O)c4)n3)c2)c1. The van der Waals surface area contributed by atoms with Crippen LogP contribution in [0.5, 0.6) is 0 Å². The van der Waals surface area contributed by atoms with Crippen molar-refractivity contribution in [2.45, 2.75) is 32.4 Å². The number of rotatable bonds is 8. The highest BCUT2D eigenvalue weighted by molar-refractivity contribution is 7.89. The molecule has 0 radical (unpaired) electrons. The highest BCUT2D eigenvalue weighted by Gasteiger charge is 2.38. The Morgan fingerprint density at radius 3 is 2.39 bits per heavy atom. The number of anilines is 1. The molecule has 0 bridgehead atoms. The maximum absolute atomic E-state index is 13.0. The van der Waals surface area contributed by atoms with Crippen LogP contribution < -0.4 is 5.32 Å². The van der Waals surface area contributed by atoms with Crippen LogP contribution >= 0.6 is 11.3 Å². The van der Waals surface area contributed by atoms with Gasteiger partial charge in [-0.3, -0.25) is 13.6 Å². The van der Waals surface area contributed by atoms with Gasteiger partial charge in [-0.25, -0.2) is 18.2 Å². The summed E-state index contributed by atoms with van der Waals surface area (Å²) in [7, 11) is -3.51. The molecule has 1 aliphatic rings. The third kappa shape index (κ3) is 6.23. The van der Waals surface area contributed by atoms with E-state index in [9.17, 15) is 22.8 Å². The van der Waals surface area contributed by atoms with Crippen LogP contribution in [0.15, 0.2) is 72.4 Å². The van der Waals surface area contributed by atoms with Gasteiger partial charge in [0.15, 0.2) is 5.13 Å². The average molecular weight is 593 g/mol. The fraction of sp³-hybridized carbons (Fsp3) is 0.241. The lowest BCUT2D eigenvalue weighted by Crippen LogP contribution is -2.56. The Morgan fingerprint density at radius 2 is 1.73 bits per heavy atom. The maximum Gasteiger partial charge on any atom is 0.338 e. The molecule has 3 heterocycles. The molecule has 212 valence electrons. The Balaban J connectivity index is 1.26. The molecule has 4 aromatic rings. The number of hydrogen-bond acceptors (Lipinski definition) is 8. The molecule has 1 aliphatic heterocycles. The predicted molar refractivity (Wildman–Crippen MR) is 156 cm³/mol. The number of thiazole rings is 1. The number of benzene rings is 2. The van der Waals surface area contributed by atoms with Gasteiger partial charge < -0.3 is 15.0 Å². The van der Waals surface area contributed by atoms with Crippen LogP contribution in [0.25, 0.3) is 22.4 Å². The normalized spacial score (nSPS) is 14.9. The van der Waals surface area contributed by atoms with Crippen LogP contribution in [0.3, 0.4) is 0 Å². The smallest absolute Gasteiger partial charge is 0.338 e. The van der Waals surface area contributed by atoms with Gasteiger partial charge in [-0.2, -0.15) is 0 Å². The van der Waals surface area contributed by atoms with E-state index < -0.39 is 22.0 Å². The third-order valence-electron chi connectivity index (χ3n) is 6.55. The van der Waals surface area contributed by atoms with E-state index >= 15 is 0 Å². The van der Waals surface area contributed by atoms with Gasteiger partial charge in [0.25, 0.3) is 5.91 Å². The number of aromatic nitrogens is 2. The lowest BCUT2D eigenvalue weighted by Gasteiger charge is -2.39. The number of esters is 1. The van der Waals surface area contributed by atoms with E-state index in [-0.39, 0.29) is 23.5 Å². The monoisotopic (exact) mass is 592 g/mol. The molecule has 5 rings (SSSR count). The van der Waals surface area contributed by atoms with Crippen LogP contribution in [0.1, 0.15) is 41.0 Å². The highest BCUT2D eigenvalue weighted by Crippen LogP contribution is 2.30. The van der Waals surface area contributed by atoms with E-state index in [2.05, 4.69) is 10.3 Å². The number of carbonyl (C=O) groups is 3. The summed E-state index contributed by atoms with van der Waals surface area (Å²) in [5, 5.41) is 5.04. The van der Waals surface area contributed by atoms with Crippen molar-refractivity contribution in [3.63, 3.8) is 0 Å². The van der Waals surface area contributed by atoms with E-state index in [0.29, 0.717) is 29.4 Å². The highest BCUT2D eigenvalue weighted by atomic mass is 32.2. The van der Waals surface area contributed by atoms with Gasteiger partial charge in [0.1, 0.15) is 6.04 Å². The molecule has 1 saturated heterocycles. The largest absolute Gasteiger partial charge is 0.459 e. The summed E-state index contributed by atoms with van der Waals surface area (Å²) in [6, 6.07) is 15.7. The Bertz CT molecular complexity index is 1740. The summed E-state index contributed by atoms with van der Waals surface area (Å²) in [4.78, 5) is 44.2. The number of nitrogens with zero attached hydrogens (tertiary/aromatic N) is 3. The van der Waals surface area contributed by atoms with Crippen LogP contribution in [-0.4, -0.2) is 65.0 Å². The topological polar surface area (TPSA) is 128 Å². The van der Waals surface area contributed by atoms with Crippen LogP contribution in [-0.2, 0) is 19.6 Å². The fourth-order valence-electron chi connectivity index (χ4n) is 4.40. The number of hydrogen-bond donors (Lipinski definition) is 1. The first-order valence-corrected chi connectivity index (χ1v) is 15.6. The number of nitrogens with one attached hydrogen (secondary N) is 1. The average Bonchev–Trinajstić information content (AvgIpc) is 3.58. The van der Waals surface area contributed by atoms with Gasteiger partial charge in [0.05, 0.1) is 29.2 Å². The molecule has 0 spiro atoms. The molecule has 12 heteroatoms. The van der Waals surface area contributed by atoms with Crippen molar-refractivity contribution < 1.29 is 27.5 Å². The zero-order chi connectivity index (χ0) is 29.3. The first-order chi connectivity index (χ1) is 19.5. The van der Waals surface area contributed by atoms with Crippen molar-refractivity contribution in [2.75, 3.05) is 18.1 Å². The van der Waals surface area contributed by atoms with Crippen molar-refractivity contribution in [2.24, 2.45) is 0 Å². The van der Waals surface area contributed by atoms with Gasteiger partial charge in [0.2, 0.25) is 15.9 Å². The van der Waals surface area contributed by atoms with Gasteiger partial charge in [-0.05, 0) is 55.7 Å². The zero-order valence-corrected chi connectivity index (χ0v) is 24.2. The molecule has 1 atom stereocenters. The Kier molecular flexibility index (Phi) is 7.78. The number of amides is 2. The summed E-state index contributed by atoms with van der Waals surface area (Å²) in [5.41, 5.74) is 3.93. The molecule has 1 N–H and O–H groups in total. The molecule has 0 unspecified atom stereocenters. The first-order valence-electron chi connectivity index (χ1n) is 12.9. The molecule has 0 aliphatic carbocycles. The minimum atomic E-state index is -3.51. The quantitative estimate of drug-likeness (QED) is 0.298. The standard InChI is InChI=1S/C29H28N4O6S2/c1-18(2)39-28(36)22-9-5-7-20(15-22)19-6-4-8-21(14-19)24-17-40-29(30-24)31-26(34)25-11-13-33(25)27(35)23-10-12-32(16-23)41(3,37)38/h4-10,12,14-18,25H,11,13H2,1-3H3,(H,30,31,34)/t25-/m0/s1. The van der Waals surface area contributed by atoms with Crippen molar-refractivity contribution >= 4 is 44.3 Å². The second-order valence-corrected chi connectivity index (χ2v) is 12.7. The summed E-state index contributed by atoms with van der Waals surface area (Å²) in [5.74, 6) is -1.14. The van der Waals surface area contributed by atoms with Crippen LogP contribution in [0, 0.1) is 0 Å². The van der Waals surface area contributed by atoms with E-state index in [1.165, 1.54) is 34.7 Å². The molecular formula is C29H28N4O6S2. The van der Waals surface area contributed by atoms with E-state index in [1.54, 1.807) is 26.0 Å². The molecule has 10 nitrogen and oxygen atoms in total. The molecule has 2 amide bonds. The number of ether oxygens (including phenoxy) is 1. The van der Waals surface area contributed by atoms with Gasteiger partial charge in [-0.1, -0.05) is 30.3 Å². The second-order valence-electron chi connectivity index (χ2n) is 9.94. The minimum Gasteiger partial charge on any atom is -0.459 e. The lowest BCUT2D eigenvalue weighted by atomic mass is 10.0. The molecule has 41 heavy (non-hydrogen) atoms. The molecule has 2 aromatic carbocycles. The zero-order valence-electron chi connectivity index (χ0n) is 22.6. The number of likely N-dealkylation sites (tertiary alicyclic amines) is 1. The van der Waals surface area contributed by atoms with Crippen molar-refractivity contribution in [1.29, 1.82) is 0 Å². The van der Waals surface area contributed by atoms with E-state index in [0.717, 1.165) is 26.9 Å². The Morgan fingerprint density at radius 1 is 1.02 bits per heavy atom. The van der Waals surface area contributed by atoms with E-state index in [1.807, 2.05) is 41.8 Å². The summed E-state index contributed by atoms with van der Waals surface area (Å²) in [6.45, 7) is 4.01. The lowest BCUT2D eigenvalue weighted by molar-refractivity contribution is -0.123. The molecule has 2 aromatic heterocycles. The third-order valence-corrected chi connectivity index (χ3v) is 8.30. The van der Waals surface area contributed by atoms with Crippen LogP contribution in [0.2, 0.25) is 0 Å². The molecule has 0 saturated carbocycles. The Hall–Kier alpha value is -4.29. The predicted octanol–water partition coefficient (Wildman–Crippen LogP) is 4.50. The van der Waals surface area contributed by atoms with Gasteiger partial charge in [-0.15, -0.1) is 11.3 Å². The van der Waals surface area contributed by atoms with Crippen molar-refractivity contribution in [3.8, 4) is 22.4 Å². The van der Waals surface area contributed by atoms with Crippen molar-refractivity contribution in [1.82, 2.24) is 13.9 Å². The summed E-state index contributed by atoms with van der Waals surface area (Å²) in [6.07, 6.45) is 3.88. The fourth-order valence-corrected chi connectivity index (χ4v) is 5.71. The molecular weight excluding hydrogens is 564 g/mol. The molecule has 1 fully saturated rings. The van der Waals surface area contributed by atoms with Crippen molar-refractivity contribution in [3.05, 3.63) is 83.5 Å². The maximum atomic E-state index is 13.0. The van der Waals surface area contributed by atoms with Crippen LogP contribution in [0.4, 0.5) is 5.13 Å². The van der Waals surface area contributed by atoms with Gasteiger partial charge in [0, 0.05) is 29.9 Å². The first kappa shape index (κ1) is 28.2.